The molecule has 0 unspecified atom stereocenters. The fraction of sp³-hybridized carbons (Fsp3) is 0.353. The summed E-state index contributed by atoms with van der Waals surface area (Å²) < 4.78 is 0. The van der Waals surface area contributed by atoms with E-state index >= 15 is 0 Å². The van der Waals surface area contributed by atoms with Crippen LogP contribution in [0.1, 0.15) is 37.6 Å². The van der Waals surface area contributed by atoms with E-state index in [1.807, 2.05) is 0 Å². The van der Waals surface area contributed by atoms with Crippen molar-refractivity contribution in [2.45, 2.75) is 38.4 Å². The second kappa shape index (κ2) is 5.46. The highest BCUT2D eigenvalue weighted by Crippen LogP contribution is 2.26. The number of rotatable bonds is 2. The van der Waals surface area contributed by atoms with Gasteiger partial charge in [-0.3, -0.25) is 4.98 Å². The zero-order chi connectivity index (χ0) is 14.0. The van der Waals surface area contributed by atoms with Crippen LogP contribution in [0.25, 0.3) is 11.3 Å². The van der Waals surface area contributed by atoms with Crippen molar-refractivity contribution in [3.63, 3.8) is 0 Å². The van der Waals surface area contributed by atoms with E-state index in [1.54, 1.807) is 0 Å². The Bertz CT molecular complexity index is 565. The fourth-order valence-corrected chi connectivity index (χ4v) is 2.63. The monoisotopic (exact) mass is 317 g/mol. The van der Waals surface area contributed by atoms with Gasteiger partial charge in [-0.15, -0.1) is 0 Å². The number of nitrogens with zero attached hydrogens (tertiary/aromatic N) is 1. The first-order valence-electron chi connectivity index (χ1n) is 6.55. The molecule has 0 aliphatic heterocycles. The van der Waals surface area contributed by atoms with Crippen molar-refractivity contribution in [2.24, 2.45) is 0 Å². The van der Waals surface area contributed by atoms with Gasteiger partial charge in [0.15, 0.2) is 0 Å². The lowest BCUT2D eigenvalue weighted by atomic mass is 9.86. The molecular weight excluding hydrogens is 298 g/mol. The average molecular weight is 318 g/mol. The molecule has 0 aliphatic rings. The molecule has 0 N–H and O–H groups in total. The largest absolute Gasteiger partial charge is 0.253 e. The Hall–Kier alpha value is -1.15. The van der Waals surface area contributed by atoms with Crippen LogP contribution in [-0.4, -0.2) is 4.98 Å². The van der Waals surface area contributed by atoms with Crippen molar-refractivity contribution in [2.75, 3.05) is 0 Å². The van der Waals surface area contributed by atoms with Crippen LogP contribution in [0, 0.1) is 6.92 Å². The van der Waals surface area contributed by atoms with Crippen molar-refractivity contribution in [3.8, 4) is 11.3 Å². The Kier molecular flexibility index (Phi) is 4.10. The summed E-state index contributed by atoms with van der Waals surface area (Å²) in [7, 11) is 0. The Labute approximate surface area is 124 Å². The molecule has 19 heavy (non-hydrogen) atoms. The lowest BCUT2D eigenvalue weighted by molar-refractivity contribution is 0.590. The minimum atomic E-state index is 0.196. The lowest BCUT2D eigenvalue weighted by Crippen LogP contribution is -2.10. The SMILES string of the molecule is Cc1nc(-c2ccc(C(C)(C)C)cc2)ccc1CBr. The van der Waals surface area contributed by atoms with Crippen molar-refractivity contribution >= 4 is 15.9 Å². The van der Waals surface area contributed by atoms with Gasteiger partial charge < -0.3 is 0 Å². The Morgan fingerprint density at radius 3 is 2.11 bits per heavy atom. The maximum Gasteiger partial charge on any atom is 0.0705 e. The molecule has 1 heterocycles. The highest BCUT2D eigenvalue weighted by atomic mass is 79.9. The average Bonchev–Trinajstić information content (AvgIpc) is 2.38. The third-order valence-electron chi connectivity index (χ3n) is 3.39. The zero-order valence-corrected chi connectivity index (χ0v) is 13.6. The van der Waals surface area contributed by atoms with Crippen LogP contribution in [0.15, 0.2) is 36.4 Å². The summed E-state index contributed by atoms with van der Waals surface area (Å²) in [6, 6.07) is 13.0. The predicted molar refractivity (Wildman–Crippen MR) is 85.7 cm³/mol. The number of alkyl halides is 1. The van der Waals surface area contributed by atoms with Gasteiger partial charge in [0.1, 0.15) is 0 Å². The highest BCUT2D eigenvalue weighted by molar-refractivity contribution is 9.08. The fourth-order valence-electron chi connectivity index (χ4n) is 2.03. The first-order valence-corrected chi connectivity index (χ1v) is 7.67. The van der Waals surface area contributed by atoms with E-state index in [-0.39, 0.29) is 5.41 Å². The summed E-state index contributed by atoms with van der Waals surface area (Å²) in [5.74, 6) is 0. The molecule has 0 atom stereocenters. The van der Waals surface area contributed by atoms with Crippen molar-refractivity contribution in [3.05, 3.63) is 53.2 Å². The summed E-state index contributed by atoms with van der Waals surface area (Å²) in [4.78, 5) is 4.68. The van der Waals surface area contributed by atoms with Gasteiger partial charge in [-0.1, -0.05) is 67.0 Å². The molecule has 1 aromatic carbocycles. The lowest BCUT2D eigenvalue weighted by Gasteiger charge is -2.19. The molecule has 2 heteroatoms. The summed E-state index contributed by atoms with van der Waals surface area (Å²) in [5, 5.41) is 0.856. The first-order chi connectivity index (χ1) is 8.91. The maximum atomic E-state index is 4.68. The zero-order valence-electron chi connectivity index (χ0n) is 12.0. The number of benzene rings is 1. The second-order valence-corrected chi connectivity index (χ2v) is 6.46. The van der Waals surface area contributed by atoms with Gasteiger partial charge in [0.05, 0.1) is 5.69 Å². The molecule has 0 spiro atoms. The molecule has 0 fully saturated rings. The minimum absolute atomic E-state index is 0.196. The van der Waals surface area contributed by atoms with Gasteiger partial charge >= 0.3 is 0 Å². The Balaban J connectivity index is 2.35. The number of hydrogen-bond donors (Lipinski definition) is 0. The molecule has 0 aliphatic carbocycles. The number of hydrogen-bond acceptors (Lipinski definition) is 1. The second-order valence-electron chi connectivity index (χ2n) is 5.90. The summed E-state index contributed by atoms with van der Waals surface area (Å²) in [6.07, 6.45) is 0. The third kappa shape index (κ3) is 3.24. The Morgan fingerprint density at radius 2 is 1.63 bits per heavy atom. The highest BCUT2D eigenvalue weighted by Gasteiger charge is 2.13. The van der Waals surface area contributed by atoms with Crippen LogP contribution in [0.3, 0.4) is 0 Å². The predicted octanol–water partition coefficient (Wildman–Crippen LogP) is 5.25. The number of pyridine rings is 1. The minimum Gasteiger partial charge on any atom is -0.253 e. The van der Waals surface area contributed by atoms with E-state index in [4.69, 9.17) is 0 Å². The van der Waals surface area contributed by atoms with E-state index in [1.165, 1.54) is 16.7 Å². The molecule has 100 valence electrons. The molecule has 2 rings (SSSR count). The first kappa shape index (κ1) is 14.3. The summed E-state index contributed by atoms with van der Waals surface area (Å²) >= 11 is 3.48. The summed E-state index contributed by atoms with van der Waals surface area (Å²) in [6.45, 7) is 8.75. The van der Waals surface area contributed by atoms with Crippen LogP contribution in [0.2, 0.25) is 0 Å². The molecule has 0 amide bonds. The van der Waals surface area contributed by atoms with Crippen LogP contribution >= 0.6 is 15.9 Å². The van der Waals surface area contributed by atoms with Crippen LogP contribution in [0.4, 0.5) is 0 Å². The van der Waals surface area contributed by atoms with Gasteiger partial charge in [0.25, 0.3) is 0 Å². The number of halogens is 1. The quantitative estimate of drug-likeness (QED) is 0.689. The van der Waals surface area contributed by atoms with E-state index in [0.29, 0.717) is 0 Å². The molecule has 0 bridgehead atoms. The smallest absolute Gasteiger partial charge is 0.0705 e. The molecule has 0 saturated heterocycles. The number of aryl methyl sites for hydroxylation is 1. The molecule has 1 nitrogen and oxygen atoms in total. The summed E-state index contributed by atoms with van der Waals surface area (Å²) in [5.41, 5.74) is 6.11. The molecule has 1 aromatic heterocycles. The van der Waals surface area contributed by atoms with Gasteiger partial charge in [-0.25, -0.2) is 0 Å². The van der Waals surface area contributed by atoms with Crippen molar-refractivity contribution < 1.29 is 0 Å². The normalized spacial score (nSPS) is 11.6. The van der Waals surface area contributed by atoms with Gasteiger partial charge in [0.2, 0.25) is 0 Å². The van der Waals surface area contributed by atoms with E-state index in [0.717, 1.165) is 16.7 Å². The standard InChI is InChI=1S/C17H20BrN/c1-12-14(11-18)7-10-16(19-12)13-5-8-15(9-6-13)17(2,3)4/h5-10H,11H2,1-4H3. The van der Waals surface area contributed by atoms with E-state index < -0.39 is 0 Å². The molecule has 0 radical (unpaired) electrons. The third-order valence-corrected chi connectivity index (χ3v) is 3.99. The van der Waals surface area contributed by atoms with E-state index in [9.17, 15) is 0 Å². The molecule has 0 saturated carbocycles. The maximum absolute atomic E-state index is 4.68. The van der Waals surface area contributed by atoms with Crippen LogP contribution < -0.4 is 0 Å². The van der Waals surface area contributed by atoms with Gasteiger partial charge in [-0.05, 0) is 29.5 Å². The molecule has 2 aromatic rings. The Morgan fingerprint density at radius 1 is 1.00 bits per heavy atom. The van der Waals surface area contributed by atoms with Gasteiger partial charge in [-0.2, -0.15) is 0 Å². The van der Waals surface area contributed by atoms with E-state index in [2.05, 4.69) is 85.0 Å². The topological polar surface area (TPSA) is 12.9 Å². The molecular formula is C17H20BrN. The van der Waals surface area contributed by atoms with Crippen molar-refractivity contribution in [1.82, 2.24) is 4.98 Å². The van der Waals surface area contributed by atoms with Crippen LogP contribution in [0.5, 0.6) is 0 Å². The van der Waals surface area contributed by atoms with Crippen molar-refractivity contribution in [1.29, 1.82) is 0 Å². The van der Waals surface area contributed by atoms with Gasteiger partial charge in [0, 0.05) is 16.6 Å². The number of aromatic nitrogens is 1. The van der Waals surface area contributed by atoms with Crippen LogP contribution in [-0.2, 0) is 10.7 Å².